The molecule has 0 N–H and O–H groups in total. The SMILES string of the molecule is c1ccc(-c2cccc(-c3nc(-c4ccccc4)nc(-c4cc(-c5ccccc5)c5c(c4)oc4c6ccccc6ccc45)n3)c2)cc1. The van der Waals surface area contributed by atoms with Crippen LogP contribution >= 0.6 is 0 Å². The maximum atomic E-state index is 6.71. The molecular formula is C43H27N3O. The molecule has 47 heavy (non-hydrogen) atoms. The average Bonchev–Trinajstić information content (AvgIpc) is 3.55. The first-order valence-electron chi connectivity index (χ1n) is 15.7. The summed E-state index contributed by atoms with van der Waals surface area (Å²) < 4.78 is 6.71. The van der Waals surface area contributed by atoms with Gasteiger partial charge >= 0.3 is 0 Å². The van der Waals surface area contributed by atoms with Crippen molar-refractivity contribution in [2.24, 2.45) is 0 Å². The molecule has 0 unspecified atom stereocenters. The summed E-state index contributed by atoms with van der Waals surface area (Å²) in [5.41, 5.74) is 8.80. The van der Waals surface area contributed by atoms with E-state index >= 15 is 0 Å². The molecule has 2 heterocycles. The van der Waals surface area contributed by atoms with Crippen LogP contribution in [0.3, 0.4) is 0 Å². The van der Waals surface area contributed by atoms with E-state index in [-0.39, 0.29) is 0 Å². The molecule has 0 radical (unpaired) electrons. The van der Waals surface area contributed by atoms with Crippen LogP contribution in [0.4, 0.5) is 0 Å². The summed E-state index contributed by atoms with van der Waals surface area (Å²) in [7, 11) is 0. The minimum atomic E-state index is 0.586. The van der Waals surface area contributed by atoms with Gasteiger partial charge in [-0.15, -0.1) is 0 Å². The second-order valence-corrected chi connectivity index (χ2v) is 11.6. The summed E-state index contributed by atoms with van der Waals surface area (Å²) >= 11 is 0. The van der Waals surface area contributed by atoms with Gasteiger partial charge in [-0.3, -0.25) is 0 Å². The largest absolute Gasteiger partial charge is 0.455 e. The molecule has 7 aromatic carbocycles. The minimum Gasteiger partial charge on any atom is -0.455 e. The second-order valence-electron chi connectivity index (χ2n) is 11.6. The van der Waals surface area contributed by atoms with Gasteiger partial charge in [-0.2, -0.15) is 0 Å². The van der Waals surface area contributed by atoms with E-state index in [1.807, 2.05) is 42.5 Å². The van der Waals surface area contributed by atoms with Crippen LogP contribution in [0.1, 0.15) is 0 Å². The number of hydrogen-bond donors (Lipinski definition) is 0. The van der Waals surface area contributed by atoms with Crippen LogP contribution in [-0.2, 0) is 0 Å². The summed E-state index contributed by atoms with van der Waals surface area (Å²) in [5, 5.41) is 4.40. The van der Waals surface area contributed by atoms with Gasteiger partial charge in [-0.25, -0.2) is 15.0 Å². The van der Waals surface area contributed by atoms with Crippen LogP contribution in [0.5, 0.6) is 0 Å². The minimum absolute atomic E-state index is 0.586. The van der Waals surface area contributed by atoms with E-state index in [0.29, 0.717) is 17.5 Å². The van der Waals surface area contributed by atoms with Crippen molar-refractivity contribution in [1.82, 2.24) is 15.0 Å². The van der Waals surface area contributed by atoms with Gasteiger partial charge < -0.3 is 4.42 Å². The molecule has 0 bridgehead atoms. The Kier molecular flexibility index (Phi) is 6.43. The molecule has 220 valence electrons. The molecule has 0 atom stereocenters. The summed E-state index contributed by atoms with van der Waals surface area (Å²) in [6, 6.07) is 56.3. The molecule has 0 spiro atoms. The summed E-state index contributed by atoms with van der Waals surface area (Å²) in [5.74, 6) is 1.82. The zero-order valence-corrected chi connectivity index (χ0v) is 25.3. The van der Waals surface area contributed by atoms with Gasteiger partial charge in [0.2, 0.25) is 0 Å². The number of aromatic nitrogens is 3. The molecule has 0 saturated heterocycles. The van der Waals surface area contributed by atoms with E-state index in [4.69, 9.17) is 19.4 Å². The van der Waals surface area contributed by atoms with Crippen LogP contribution in [0.2, 0.25) is 0 Å². The third kappa shape index (κ3) is 4.84. The maximum Gasteiger partial charge on any atom is 0.164 e. The Hall–Kier alpha value is -6.39. The monoisotopic (exact) mass is 601 g/mol. The fraction of sp³-hybridized carbons (Fsp3) is 0. The van der Waals surface area contributed by atoms with Crippen molar-refractivity contribution < 1.29 is 4.42 Å². The first kappa shape index (κ1) is 27.0. The highest BCUT2D eigenvalue weighted by molar-refractivity contribution is 6.19. The van der Waals surface area contributed by atoms with Crippen LogP contribution in [0.25, 0.3) is 89.1 Å². The highest BCUT2D eigenvalue weighted by atomic mass is 16.3. The van der Waals surface area contributed by atoms with Gasteiger partial charge in [0.15, 0.2) is 17.5 Å². The maximum absolute atomic E-state index is 6.71. The number of furan rings is 1. The molecule has 0 aliphatic carbocycles. The van der Waals surface area contributed by atoms with Crippen LogP contribution < -0.4 is 0 Å². The van der Waals surface area contributed by atoms with E-state index in [9.17, 15) is 0 Å². The highest BCUT2D eigenvalue weighted by Crippen LogP contribution is 2.42. The van der Waals surface area contributed by atoms with Crippen molar-refractivity contribution in [2.75, 3.05) is 0 Å². The third-order valence-corrected chi connectivity index (χ3v) is 8.70. The van der Waals surface area contributed by atoms with Crippen LogP contribution in [0, 0.1) is 0 Å². The van der Waals surface area contributed by atoms with Crippen molar-refractivity contribution in [2.45, 2.75) is 0 Å². The zero-order chi connectivity index (χ0) is 31.2. The van der Waals surface area contributed by atoms with Crippen LogP contribution in [0.15, 0.2) is 168 Å². The molecule has 0 saturated carbocycles. The van der Waals surface area contributed by atoms with Gasteiger partial charge in [0, 0.05) is 32.8 Å². The van der Waals surface area contributed by atoms with Gasteiger partial charge in [0.25, 0.3) is 0 Å². The molecule has 0 aliphatic heterocycles. The lowest BCUT2D eigenvalue weighted by Crippen LogP contribution is -2.00. The first-order chi connectivity index (χ1) is 23.3. The lowest BCUT2D eigenvalue weighted by Gasteiger charge is -2.11. The van der Waals surface area contributed by atoms with E-state index < -0.39 is 0 Å². The van der Waals surface area contributed by atoms with Gasteiger partial charge in [0.1, 0.15) is 11.2 Å². The summed E-state index contributed by atoms with van der Waals surface area (Å²) in [4.78, 5) is 15.2. The Morgan fingerprint density at radius 2 is 0.936 bits per heavy atom. The number of hydrogen-bond acceptors (Lipinski definition) is 4. The Labute approximate surface area is 271 Å². The average molecular weight is 602 g/mol. The second kappa shape index (κ2) is 11.2. The Morgan fingerprint density at radius 1 is 0.362 bits per heavy atom. The standard InChI is InChI=1S/C43H27N3O/c1-4-13-28(14-5-1)32-20-12-21-33(25-32)42-44-41(31-18-8-3-9-19-31)45-43(46-42)34-26-37(29-15-6-2-7-16-29)39-36-24-23-30-17-10-11-22-35(30)40(36)47-38(39)27-34/h1-27H. The molecule has 4 nitrogen and oxygen atoms in total. The molecule has 4 heteroatoms. The van der Waals surface area contributed by atoms with E-state index in [1.165, 1.54) is 0 Å². The Morgan fingerprint density at radius 3 is 1.68 bits per heavy atom. The van der Waals surface area contributed by atoms with Gasteiger partial charge in [0.05, 0.1) is 0 Å². The quantitative estimate of drug-likeness (QED) is 0.197. The Bertz CT molecular complexity index is 2560. The van der Waals surface area contributed by atoms with E-state index in [1.54, 1.807) is 0 Å². The highest BCUT2D eigenvalue weighted by Gasteiger charge is 2.19. The van der Waals surface area contributed by atoms with Gasteiger partial charge in [-0.1, -0.05) is 140 Å². The molecule has 9 rings (SSSR count). The van der Waals surface area contributed by atoms with E-state index in [0.717, 1.165) is 71.7 Å². The number of rotatable bonds is 5. The summed E-state index contributed by atoms with van der Waals surface area (Å²) in [6.45, 7) is 0. The molecular weight excluding hydrogens is 574 g/mol. The first-order valence-corrected chi connectivity index (χ1v) is 15.7. The normalized spacial score (nSPS) is 11.4. The third-order valence-electron chi connectivity index (χ3n) is 8.70. The molecule has 0 fully saturated rings. The number of fused-ring (bicyclic) bond motifs is 5. The van der Waals surface area contributed by atoms with E-state index in [2.05, 4.69) is 121 Å². The predicted octanol–water partition coefficient (Wildman–Crippen LogP) is 11.3. The van der Waals surface area contributed by atoms with Crippen molar-refractivity contribution in [3.63, 3.8) is 0 Å². The van der Waals surface area contributed by atoms with Crippen molar-refractivity contribution >= 4 is 32.7 Å². The van der Waals surface area contributed by atoms with Gasteiger partial charge in [-0.05, 0) is 51.9 Å². The fourth-order valence-corrected chi connectivity index (χ4v) is 6.43. The molecule has 0 aliphatic rings. The predicted molar refractivity (Wildman–Crippen MR) is 192 cm³/mol. The van der Waals surface area contributed by atoms with Crippen LogP contribution in [-0.4, -0.2) is 15.0 Å². The zero-order valence-electron chi connectivity index (χ0n) is 25.3. The molecule has 9 aromatic rings. The number of benzene rings is 7. The molecule has 0 amide bonds. The van der Waals surface area contributed by atoms with Crippen molar-refractivity contribution in [3.05, 3.63) is 164 Å². The molecule has 2 aromatic heterocycles. The smallest absolute Gasteiger partial charge is 0.164 e. The fourth-order valence-electron chi connectivity index (χ4n) is 6.43. The lowest BCUT2D eigenvalue weighted by molar-refractivity contribution is 0.673. The number of nitrogens with zero attached hydrogens (tertiary/aromatic N) is 3. The Balaban J connectivity index is 1.30. The van der Waals surface area contributed by atoms with Crippen molar-refractivity contribution in [3.8, 4) is 56.4 Å². The van der Waals surface area contributed by atoms with Crippen molar-refractivity contribution in [1.29, 1.82) is 0 Å². The topological polar surface area (TPSA) is 51.8 Å². The summed E-state index contributed by atoms with van der Waals surface area (Å²) in [6.07, 6.45) is 0. The lowest BCUT2D eigenvalue weighted by atomic mass is 9.96.